The van der Waals surface area contributed by atoms with Gasteiger partial charge in [0.1, 0.15) is 12.4 Å². The van der Waals surface area contributed by atoms with Crippen LogP contribution in [0.4, 0.5) is 0 Å². The average Bonchev–Trinajstić information content (AvgIpc) is 2.75. The first-order valence-corrected chi connectivity index (χ1v) is 10.4. The Morgan fingerprint density at radius 2 is 1.83 bits per heavy atom. The fourth-order valence-corrected chi connectivity index (χ4v) is 3.91. The summed E-state index contributed by atoms with van der Waals surface area (Å²) in [5, 5.41) is 2.52. The number of ether oxygens (including phenoxy) is 1. The van der Waals surface area contributed by atoms with Crippen molar-refractivity contribution in [1.82, 2.24) is 9.55 Å². The predicted octanol–water partition coefficient (Wildman–Crippen LogP) is 4.35. The van der Waals surface area contributed by atoms with Crippen LogP contribution in [0, 0.1) is 5.92 Å². The molecule has 4 rings (SSSR count). The molecule has 1 atom stereocenters. The van der Waals surface area contributed by atoms with Crippen LogP contribution in [0.2, 0.25) is 0 Å². The number of hydrogen-bond acceptors (Lipinski definition) is 4. The summed E-state index contributed by atoms with van der Waals surface area (Å²) in [6, 6.07) is 17.8. The van der Waals surface area contributed by atoms with Crippen molar-refractivity contribution in [3.63, 3.8) is 0 Å². The smallest absolute Gasteiger partial charge is 0.260 e. The van der Waals surface area contributed by atoms with Crippen LogP contribution < -0.4 is 16.0 Å². The normalized spacial score (nSPS) is 12.5. The zero-order valence-corrected chi connectivity index (χ0v) is 17.4. The SMILES string of the molecule is CC(C)CC(N)COc1ccc2c3ccncc3c(=O)n(Cc3ccccc3)c2c1. The molecule has 4 aromatic rings. The molecule has 0 aliphatic carbocycles. The second-order valence-electron chi connectivity index (χ2n) is 8.18. The molecule has 2 aromatic heterocycles. The molecule has 0 fully saturated rings. The van der Waals surface area contributed by atoms with Crippen LogP contribution >= 0.6 is 0 Å². The number of nitrogens with zero attached hydrogens (tertiary/aromatic N) is 2. The molecule has 0 aliphatic heterocycles. The van der Waals surface area contributed by atoms with Gasteiger partial charge in [-0.05, 0) is 41.5 Å². The molecule has 2 heterocycles. The van der Waals surface area contributed by atoms with Crippen LogP contribution in [0.15, 0.2) is 71.8 Å². The van der Waals surface area contributed by atoms with Crippen LogP contribution in [-0.4, -0.2) is 22.2 Å². The van der Waals surface area contributed by atoms with Crippen molar-refractivity contribution >= 4 is 21.7 Å². The Hall–Kier alpha value is -3.18. The molecule has 2 aromatic carbocycles. The van der Waals surface area contributed by atoms with Gasteiger partial charge < -0.3 is 15.0 Å². The van der Waals surface area contributed by atoms with E-state index in [4.69, 9.17) is 10.5 Å². The molecule has 0 saturated heterocycles. The van der Waals surface area contributed by atoms with Gasteiger partial charge in [-0.15, -0.1) is 0 Å². The molecule has 0 aliphatic rings. The zero-order valence-electron chi connectivity index (χ0n) is 17.4. The highest BCUT2D eigenvalue weighted by Crippen LogP contribution is 2.27. The molecule has 0 spiro atoms. The maximum atomic E-state index is 13.3. The third kappa shape index (κ3) is 4.21. The molecule has 0 bridgehead atoms. The van der Waals surface area contributed by atoms with Crippen molar-refractivity contribution in [2.45, 2.75) is 32.9 Å². The van der Waals surface area contributed by atoms with Crippen LogP contribution in [0.25, 0.3) is 21.7 Å². The van der Waals surface area contributed by atoms with E-state index < -0.39 is 0 Å². The number of rotatable bonds is 7. The molecule has 0 saturated carbocycles. The lowest BCUT2D eigenvalue weighted by atomic mass is 10.1. The Labute approximate surface area is 176 Å². The van der Waals surface area contributed by atoms with Gasteiger partial charge in [0.25, 0.3) is 5.56 Å². The predicted molar refractivity (Wildman–Crippen MR) is 122 cm³/mol. The van der Waals surface area contributed by atoms with Crippen molar-refractivity contribution in [2.75, 3.05) is 6.61 Å². The highest BCUT2D eigenvalue weighted by Gasteiger charge is 2.13. The van der Waals surface area contributed by atoms with Crippen molar-refractivity contribution in [3.05, 3.63) is 82.9 Å². The van der Waals surface area contributed by atoms with E-state index in [0.29, 0.717) is 24.5 Å². The maximum absolute atomic E-state index is 13.3. The van der Waals surface area contributed by atoms with Crippen LogP contribution in [0.5, 0.6) is 5.75 Å². The van der Waals surface area contributed by atoms with Gasteiger partial charge in [-0.2, -0.15) is 0 Å². The largest absolute Gasteiger partial charge is 0.492 e. The van der Waals surface area contributed by atoms with Gasteiger partial charge in [-0.25, -0.2) is 0 Å². The first-order valence-electron chi connectivity index (χ1n) is 10.4. The highest BCUT2D eigenvalue weighted by molar-refractivity contribution is 6.05. The molecule has 30 heavy (non-hydrogen) atoms. The first-order chi connectivity index (χ1) is 14.5. The summed E-state index contributed by atoms with van der Waals surface area (Å²) in [6.07, 6.45) is 4.27. The van der Waals surface area contributed by atoms with E-state index in [-0.39, 0.29) is 11.6 Å². The Balaban J connectivity index is 1.79. The minimum absolute atomic E-state index is 0.0186. The summed E-state index contributed by atoms with van der Waals surface area (Å²) < 4.78 is 7.78. The molecule has 154 valence electrons. The number of hydrogen-bond donors (Lipinski definition) is 1. The molecular formula is C25H27N3O2. The Kier molecular flexibility index (Phi) is 5.81. The van der Waals surface area contributed by atoms with E-state index in [1.54, 1.807) is 17.0 Å². The second-order valence-corrected chi connectivity index (χ2v) is 8.18. The van der Waals surface area contributed by atoms with Gasteiger partial charge in [0, 0.05) is 29.9 Å². The van der Waals surface area contributed by atoms with Gasteiger partial charge in [-0.3, -0.25) is 9.78 Å². The van der Waals surface area contributed by atoms with E-state index >= 15 is 0 Å². The van der Waals surface area contributed by atoms with Crippen molar-refractivity contribution in [1.29, 1.82) is 0 Å². The topological polar surface area (TPSA) is 70.1 Å². The second kappa shape index (κ2) is 8.67. The summed E-state index contributed by atoms with van der Waals surface area (Å²) >= 11 is 0. The number of fused-ring (bicyclic) bond motifs is 3. The van der Waals surface area contributed by atoms with Crippen LogP contribution in [-0.2, 0) is 6.54 Å². The monoisotopic (exact) mass is 401 g/mol. The van der Waals surface area contributed by atoms with E-state index in [2.05, 4.69) is 18.8 Å². The lowest BCUT2D eigenvalue weighted by Crippen LogP contribution is -2.29. The molecule has 5 nitrogen and oxygen atoms in total. The van der Waals surface area contributed by atoms with Gasteiger partial charge in [0.15, 0.2) is 0 Å². The number of pyridine rings is 2. The summed E-state index contributed by atoms with van der Waals surface area (Å²) in [4.78, 5) is 17.5. The summed E-state index contributed by atoms with van der Waals surface area (Å²) in [5.74, 6) is 1.24. The van der Waals surface area contributed by atoms with Gasteiger partial charge in [-0.1, -0.05) is 44.2 Å². The average molecular weight is 402 g/mol. The van der Waals surface area contributed by atoms with E-state index in [0.717, 1.165) is 34.0 Å². The lowest BCUT2D eigenvalue weighted by Gasteiger charge is -2.17. The summed E-state index contributed by atoms with van der Waals surface area (Å²) in [6.45, 7) is 5.23. The molecule has 0 radical (unpaired) electrons. The fraction of sp³-hybridized carbons (Fsp3) is 0.280. The highest BCUT2D eigenvalue weighted by atomic mass is 16.5. The van der Waals surface area contributed by atoms with Crippen LogP contribution in [0.3, 0.4) is 0 Å². The molecule has 5 heteroatoms. The third-order valence-electron chi connectivity index (χ3n) is 5.27. The zero-order chi connectivity index (χ0) is 21.1. The van der Waals surface area contributed by atoms with Crippen molar-refractivity contribution in [2.24, 2.45) is 11.7 Å². The fourth-order valence-electron chi connectivity index (χ4n) is 3.91. The molecule has 1 unspecified atom stereocenters. The van der Waals surface area contributed by atoms with E-state index in [1.807, 2.05) is 54.6 Å². The van der Waals surface area contributed by atoms with Crippen LogP contribution in [0.1, 0.15) is 25.8 Å². The quantitative estimate of drug-likeness (QED) is 0.468. The molecule has 0 amide bonds. The Bertz CT molecular complexity index is 1220. The third-order valence-corrected chi connectivity index (χ3v) is 5.27. The number of benzene rings is 2. The van der Waals surface area contributed by atoms with Gasteiger partial charge in [0.05, 0.1) is 17.4 Å². The number of nitrogens with two attached hydrogens (primary N) is 1. The Morgan fingerprint density at radius 3 is 2.60 bits per heavy atom. The maximum Gasteiger partial charge on any atom is 0.260 e. The lowest BCUT2D eigenvalue weighted by molar-refractivity contribution is 0.271. The van der Waals surface area contributed by atoms with E-state index in [1.165, 1.54) is 0 Å². The molecular weight excluding hydrogens is 374 g/mol. The first kappa shape index (κ1) is 20.1. The van der Waals surface area contributed by atoms with Crippen molar-refractivity contribution < 1.29 is 4.74 Å². The van der Waals surface area contributed by atoms with Gasteiger partial charge in [0.2, 0.25) is 0 Å². The molecule has 2 N–H and O–H groups in total. The minimum Gasteiger partial charge on any atom is -0.492 e. The standard InChI is InChI=1S/C25H27N3O2/c1-17(2)12-19(26)16-30-20-8-9-22-21-10-11-27-14-23(21)25(29)28(24(22)13-20)15-18-6-4-3-5-7-18/h3-11,13-14,17,19H,12,15-16,26H2,1-2H3. The number of aromatic nitrogens is 2. The Morgan fingerprint density at radius 1 is 1.03 bits per heavy atom. The summed E-state index contributed by atoms with van der Waals surface area (Å²) in [5.41, 5.74) is 8.04. The van der Waals surface area contributed by atoms with Crippen molar-refractivity contribution in [3.8, 4) is 5.75 Å². The summed E-state index contributed by atoms with van der Waals surface area (Å²) in [7, 11) is 0. The minimum atomic E-state index is -0.0527. The van der Waals surface area contributed by atoms with Gasteiger partial charge >= 0.3 is 0 Å². The van der Waals surface area contributed by atoms with E-state index in [9.17, 15) is 4.79 Å².